The normalized spacial score (nSPS) is 15.3. The number of piperidine rings is 1. The van der Waals surface area contributed by atoms with E-state index in [0.717, 1.165) is 0 Å². The van der Waals surface area contributed by atoms with Crippen LogP contribution in [0.25, 0.3) is 11.1 Å². The van der Waals surface area contributed by atoms with Crippen LogP contribution in [-0.2, 0) is 16.1 Å². The predicted octanol–water partition coefficient (Wildman–Crippen LogP) is 6.04. The maximum absolute atomic E-state index is 15.7. The molecule has 10 nitrogen and oxygen atoms in total. The average molecular weight is 731 g/mol. The van der Waals surface area contributed by atoms with Crippen molar-refractivity contribution in [1.82, 2.24) is 20.1 Å². The van der Waals surface area contributed by atoms with E-state index in [-0.39, 0.29) is 67.3 Å². The highest BCUT2D eigenvalue weighted by molar-refractivity contribution is 5.97. The topological polar surface area (TPSA) is 141 Å². The number of carboxylic acid groups (broad SMARTS) is 1. The number of likely N-dealkylation sites (tertiary alicyclic amines) is 1. The van der Waals surface area contributed by atoms with Crippen molar-refractivity contribution >= 4 is 17.8 Å². The number of hydrogen-bond acceptors (Lipinski definition) is 6. The summed E-state index contributed by atoms with van der Waals surface area (Å²) in [7, 11) is 0. The van der Waals surface area contributed by atoms with Gasteiger partial charge in [-0.1, -0.05) is 13.8 Å². The number of carboxylic acids is 1. The number of pyridine rings is 1. The minimum absolute atomic E-state index is 0.0249. The van der Waals surface area contributed by atoms with Gasteiger partial charge in [-0.2, -0.15) is 13.2 Å². The lowest BCUT2D eigenvalue weighted by Crippen LogP contribution is -2.49. The number of nitrogens with one attached hydrogen (secondary N) is 2. The van der Waals surface area contributed by atoms with Crippen LogP contribution in [0.3, 0.4) is 0 Å². The number of phenols is 1. The zero-order valence-corrected chi connectivity index (χ0v) is 29.9. The molecule has 1 aromatic heterocycles. The number of alkyl halides is 3. The summed E-state index contributed by atoms with van der Waals surface area (Å²) >= 11 is 0. The third kappa shape index (κ3) is 9.99. The number of carbonyl (C=O) groups excluding carboxylic acids is 2. The first kappa shape index (κ1) is 40.1. The van der Waals surface area contributed by atoms with Crippen molar-refractivity contribution in [2.24, 2.45) is 11.8 Å². The van der Waals surface area contributed by atoms with E-state index in [1.165, 1.54) is 35.9 Å². The van der Waals surface area contributed by atoms with Gasteiger partial charge in [-0.05, 0) is 123 Å². The number of aryl methyl sites for hydroxylation is 3. The summed E-state index contributed by atoms with van der Waals surface area (Å²) in [5, 5.41) is 25.0. The van der Waals surface area contributed by atoms with Gasteiger partial charge in [-0.3, -0.25) is 19.2 Å². The summed E-state index contributed by atoms with van der Waals surface area (Å²) in [5.74, 6) is -5.04. The average Bonchev–Trinajstić information content (AvgIpc) is 3.04. The molecule has 282 valence electrons. The molecule has 1 aliphatic rings. The van der Waals surface area contributed by atoms with Crippen LogP contribution in [0.2, 0.25) is 0 Å². The zero-order valence-electron chi connectivity index (χ0n) is 29.9. The first-order valence-corrected chi connectivity index (χ1v) is 17.3. The van der Waals surface area contributed by atoms with Crippen LogP contribution < -0.4 is 16.2 Å². The molecule has 1 fully saturated rings. The van der Waals surface area contributed by atoms with Gasteiger partial charge in [0.25, 0.3) is 11.5 Å². The highest BCUT2D eigenvalue weighted by Gasteiger charge is 2.41. The second-order valence-corrected chi connectivity index (χ2v) is 14.0. The number of amides is 2. The number of aromatic nitrogens is 1. The Morgan fingerprint density at radius 3 is 2.17 bits per heavy atom. The van der Waals surface area contributed by atoms with Gasteiger partial charge in [-0.15, -0.1) is 0 Å². The summed E-state index contributed by atoms with van der Waals surface area (Å²) in [6.45, 7) is 9.61. The maximum atomic E-state index is 15.7. The van der Waals surface area contributed by atoms with E-state index in [2.05, 4.69) is 10.6 Å². The Balaban J connectivity index is 1.55. The number of rotatable bonds is 13. The molecular weight excluding hydrogens is 684 g/mol. The first-order valence-electron chi connectivity index (χ1n) is 17.3. The molecule has 0 saturated carbocycles. The summed E-state index contributed by atoms with van der Waals surface area (Å²) < 4.78 is 56.2. The number of halogens is 4. The quantitative estimate of drug-likeness (QED) is 0.157. The molecule has 0 spiro atoms. The van der Waals surface area contributed by atoms with Crippen molar-refractivity contribution in [1.29, 1.82) is 0 Å². The standard InChI is InChI=1S/C38H46F4N4O6/c1-21(2)15-31(44-35(50)28-7-6-10-46(37(28)52)14-13-45-11-8-26(9-12-45)38(40,41)42)36(51)43-30(20-32(48)49)29-19-25(16-24(5)34(29)39)33-22(3)17-27(47)18-23(33)4/h6-7,10,16-19,21,26,30-31,47H,8-9,11-15,20H2,1-5H3,(H,43,51)(H,44,50)(H,48,49)/t30-,31-/m0/s1. The van der Waals surface area contributed by atoms with Gasteiger partial charge in [0.1, 0.15) is 23.2 Å². The van der Waals surface area contributed by atoms with E-state index >= 15 is 4.39 Å². The predicted molar refractivity (Wildman–Crippen MR) is 187 cm³/mol. The Kier molecular flexibility index (Phi) is 12.9. The molecule has 14 heteroatoms. The largest absolute Gasteiger partial charge is 0.508 e. The van der Waals surface area contributed by atoms with Crippen LogP contribution in [0.4, 0.5) is 17.6 Å². The van der Waals surface area contributed by atoms with E-state index in [9.17, 15) is 42.6 Å². The molecule has 0 bridgehead atoms. The maximum Gasteiger partial charge on any atom is 0.391 e. The minimum Gasteiger partial charge on any atom is -0.508 e. The van der Waals surface area contributed by atoms with Gasteiger partial charge in [0.05, 0.1) is 18.4 Å². The van der Waals surface area contributed by atoms with Crippen LogP contribution in [0.15, 0.2) is 47.4 Å². The second-order valence-electron chi connectivity index (χ2n) is 14.0. The molecule has 2 atom stereocenters. The van der Waals surface area contributed by atoms with Crippen LogP contribution in [-0.4, -0.2) is 69.3 Å². The summed E-state index contributed by atoms with van der Waals surface area (Å²) in [5.41, 5.74) is 1.93. The van der Waals surface area contributed by atoms with Crippen LogP contribution in [0, 0.1) is 38.4 Å². The molecule has 4 N–H and O–H groups in total. The number of hydrogen-bond donors (Lipinski definition) is 4. The number of phenolic OH excluding ortho intramolecular Hbond substituents is 1. The van der Waals surface area contributed by atoms with E-state index in [4.69, 9.17) is 0 Å². The van der Waals surface area contributed by atoms with Gasteiger partial charge in [0.15, 0.2) is 0 Å². The third-order valence-electron chi connectivity index (χ3n) is 9.46. The van der Waals surface area contributed by atoms with E-state index < -0.39 is 59.8 Å². The molecule has 2 amide bonds. The lowest BCUT2D eigenvalue weighted by Gasteiger charge is -2.32. The Morgan fingerprint density at radius 1 is 0.962 bits per heavy atom. The molecule has 1 saturated heterocycles. The van der Waals surface area contributed by atoms with E-state index in [0.29, 0.717) is 28.8 Å². The number of aliphatic carboxylic acids is 1. The molecule has 52 heavy (non-hydrogen) atoms. The van der Waals surface area contributed by atoms with E-state index in [1.54, 1.807) is 32.0 Å². The molecule has 0 aliphatic carbocycles. The third-order valence-corrected chi connectivity index (χ3v) is 9.46. The summed E-state index contributed by atoms with van der Waals surface area (Å²) in [6.07, 6.45) is -3.37. The minimum atomic E-state index is -4.24. The first-order chi connectivity index (χ1) is 24.3. The van der Waals surface area contributed by atoms with Crippen molar-refractivity contribution < 1.29 is 42.2 Å². The molecule has 1 aliphatic heterocycles. The van der Waals surface area contributed by atoms with Crippen molar-refractivity contribution in [2.45, 2.75) is 85.1 Å². The molecular formula is C38H46F4N4O6. The smallest absolute Gasteiger partial charge is 0.391 e. The summed E-state index contributed by atoms with van der Waals surface area (Å²) in [6, 6.07) is 6.44. The number of aromatic hydroxyl groups is 1. The SMILES string of the molecule is Cc1cc(-c2c(C)cc(O)cc2C)cc([C@H](CC(=O)O)NC(=O)[C@H](CC(C)C)NC(=O)c2cccn(CCN3CCC(C(F)(F)F)CC3)c2=O)c1F. The van der Waals surface area contributed by atoms with Crippen LogP contribution in [0.5, 0.6) is 5.75 Å². The van der Waals surface area contributed by atoms with Gasteiger partial charge in [0.2, 0.25) is 5.91 Å². The lowest BCUT2D eigenvalue weighted by atomic mass is 9.90. The van der Waals surface area contributed by atoms with Crippen molar-refractivity contribution in [3.63, 3.8) is 0 Å². The molecule has 4 rings (SSSR count). The van der Waals surface area contributed by atoms with Crippen LogP contribution in [0.1, 0.15) is 78.2 Å². The van der Waals surface area contributed by atoms with Crippen molar-refractivity contribution in [3.05, 3.63) is 86.6 Å². The fraction of sp³-hybridized carbons (Fsp3) is 0.474. The number of benzene rings is 2. The van der Waals surface area contributed by atoms with Crippen molar-refractivity contribution in [2.75, 3.05) is 19.6 Å². The Labute approximate surface area is 299 Å². The monoisotopic (exact) mass is 730 g/mol. The highest BCUT2D eigenvalue weighted by Crippen LogP contribution is 2.36. The highest BCUT2D eigenvalue weighted by atomic mass is 19.4. The lowest BCUT2D eigenvalue weighted by molar-refractivity contribution is -0.185. The van der Waals surface area contributed by atoms with Crippen LogP contribution >= 0.6 is 0 Å². The Bertz CT molecular complexity index is 1830. The molecule has 0 unspecified atom stereocenters. The van der Waals surface area contributed by atoms with E-state index in [1.807, 2.05) is 18.7 Å². The van der Waals surface area contributed by atoms with Gasteiger partial charge in [-0.25, -0.2) is 4.39 Å². The number of nitrogens with zero attached hydrogens (tertiary/aromatic N) is 2. The molecule has 2 aromatic carbocycles. The fourth-order valence-corrected chi connectivity index (χ4v) is 6.83. The molecule has 0 radical (unpaired) electrons. The Hall–Kier alpha value is -4.72. The van der Waals surface area contributed by atoms with Gasteiger partial charge in [0, 0.05) is 24.8 Å². The van der Waals surface area contributed by atoms with Gasteiger partial charge < -0.3 is 30.3 Å². The second kappa shape index (κ2) is 16.7. The zero-order chi connectivity index (χ0) is 38.5. The fourth-order valence-electron chi connectivity index (χ4n) is 6.83. The van der Waals surface area contributed by atoms with Gasteiger partial charge >= 0.3 is 12.1 Å². The van der Waals surface area contributed by atoms with Crippen molar-refractivity contribution in [3.8, 4) is 16.9 Å². The molecule has 3 aromatic rings. The number of carbonyl (C=O) groups is 3. The Morgan fingerprint density at radius 2 is 1.60 bits per heavy atom. The molecule has 2 heterocycles. The summed E-state index contributed by atoms with van der Waals surface area (Å²) in [4.78, 5) is 54.4.